The van der Waals surface area contributed by atoms with Crippen LogP contribution in [0.3, 0.4) is 0 Å². The van der Waals surface area contributed by atoms with Crippen molar-refractivity contribution < 1.29 is 0 Å². The molecule has 4 heterocycles. The van der Waals surface area contributed by atoms with Crippen LogP contribution >= 0.6 is 0 Å². The Labute approximate surface area is 558 Å². The van der Waals surface area contributed by atoms with Crippen molar-refractivity contribution >= 4 is 121 Å². The van der Waals surface area contributed by atoms with Gasteiger partial charge in [-0.05, 0) is 150 Å². The summed E-state index contributed by atoms with van der Waals surface area (Å²) in [5.74, 6) is 0. The Hall–Kier alpha value is -9.46. The van der Waals surface area contributed by atoms with Crippen LogP contribution in [0.2, 0.25) is 0 Å². The van der Waals surface area contributed by atoms with Crippen molar-refractivity contribution in [2.45, 2.75) is 101 Å². The molecule has 2 aliphatic carbocycles. The summed E-state index contributed by atoms with van der Waals surface area (Å²) >= 11 is 0. The van der Waals surface area contributed by atoms with E-state index in [0.29, 0.717) is 0 Å². The molecule has 18 rings (SSSR count). The van der Waals surface area contributed by atoms with Gasteiger partial charge in [0.25, 0.3) is 6.71 Å². The van der Waals surface area contributed by atoms with E-state index in [-0.39, 0.29) is 28.6 Å². The summed E-state index contributed by atoms with van der Waals surface area (Å²) in [7, 11) is -6.54. The molecule has 12 aromatic rings. The van der Waals surface area contributed by atoms with Crippen molar-refractivity contribution in [3.05, 3.63) is 314 Å². The standard InChI is InChI=1S/C88H78BN3Si2/c1-85-55-30-32-57-87(85,3)91-78-61-65(62-79-82(78)89(74-50-34-49-72(85)83(74)91)75-60-64(63-35-12-5-13-36-63)59-73-84(75)92(79)88(4)58-33-31-56-86(73,88)2)90(76-51-26-28-53-80(76)93(66-37-14-6-15-38-66,67-39-16-7-17-40-67)68-41-18-8-19-42-68)77-52-27-29-54-81(77)94(69-43-20-9-21-44-69,70-45-22-10-23-46-70)71-47-24-11-25-48-71/h5-29,34-54,59-62H,30-33,55-58H2,1-4H3. The van der Waals surface area contributed by atoms with E-state index in [1.54, 1.807) is 0 Å². The fourth-order valence-corrected chi connectivity index (χ4v) is 29.8. The molecular formula is C88H78BN3Si2. The molecule has 2 saturated carbocycles. The highest BCUT2D eigenvalue weighted by Gasteiger charge is 2.65. The zero-order valence-corrected chi connectivity index (χ0v) is 56.4. The Kier molecular flexibility index (Phi) is 13.1. The fraction of sp³-hybridized carbons (Fsp3) is 0.182. The molecule has 0 amide bonds. The summed E-state index contributed by atoms with van der Waals surface area (Å²) in [5, 5.41) is 10.8. The first-order chi connectivity index (χ1) is 46.1. The van der Waals surface area contributed by atoms with Crippen LogP contribution in [0.25, 0.3) is 11.1 Å². The third-order valence-electron chi connectivity index (χ3n) is 24.6. The van der Waals surface area contributed by atoms with E-state index in [1.165, 1.54) is 146 Å². The number of rotatable bonds is 12. The van der Waals surface area contributed by atoms with Gasteiger partial charge in [0.2, 0.25) is 0 Å². The highest BCUT2D eigenvalue weighted by molar-refractivity contribution is 7.21. The number of para-hydroxylation sites is 3. The third kappa shape index (κ3) is 7.72. The minimum atomic E-state index is -3.27. The molecule has 4 atom stereocenters. The second kappa shape index (κ2) is 21.5. The first kappa shape index (κ1) is 57.2. The van der Waals surface area contributed by atoms with Crippen LogP contribution < -0.4 is 72.6 Å². The SMILES string of the molecule is CC12CCCCC1(C)N1c3cc(N(c4ccccc4[Si](c4ccccc4)(c4ccccc4)c4ccccc4)c4ccccc4[Si](c4ccccc4)(c4ccccc4)c4ccccc4)cc4c3B(c3cccc2c31)c1cc(-c2ccccc2)cc2c1N4C1(C)CCCCC21C. The molecule has 0 saturated heterocycles. The van der Waals surface area contributed by atoms with Crippen LogP contribution in [-0.2, 0) is 10.8 Å². The van der Waals surface area contributed by atoms with Crippen molar-refractivity contribution in [2.75, 3.05) is 14.7 Å². The van der Waals surface area contributed by atoms with Crippen LogP contribution in [0.4, 0.5) is 39.8 Å². The van der Waals surface area contributed by atoms with Crippen molar-refractivity contribution in [1.82, 2.24) is 0 Å². The third-order valence-corrected chi connectivity index (χ3v) is 34.3. The average Bonchev–Trinajstić information content (AvgIpc) is 1.46. The van der Waals surface area contributed by atoms with Gasteiger partial charge in [-0.1, -0.05) is 313 Å². The van der Waals surface area contributed by atoms with E-state index >= 15 is 0 Å². The van der Waals surface area contributed by atoms with Crippen molar-refractivity contribution in [2.24, 2.45) is 0 Å². The maximum absolute atomic E-state index is 3.27. The predicted molar refractivity (Wildman–Crippen MR) is 404 cm³/mol. The van der Waals surface area contributed by atoms with Crippen molar-refractivity contribution in [3.63, 3.8) is 0 Å². The number of anilines is 7. The number of benzene rings is 12. The van der Waals surface area contributed by atoms with Crippen LogP contribution in [0, 0.1) is 0 Å². The molecule has 0 N–H and O–H groups in total. The summed E-state index contributed by atoms with van der Waals surface area (Å²) < 4.78 is 0. The van der Waals surface area contributed by atoms with Gasteiger partial charge in [0.15, 0.2) is 16.1 Å². The largest absolute Gasteiger partial charge is 0.335 e. The highest BCUT2D eigenvalue weighted by Crippen LogP contribution is 2.65. The van der Waals surface area contributed by atoms with Crippen LogP contribution in [0.15, 0.2) is 303 Å². The molecule has 0 spiro atoms. The molecule has 0 radical (unpaired) electrons. The molecular weight excluding hydrogens is 1170 g/mol. The Balaban J connectivity index is 1.02. The number of nitrogens with zero attached hydrogens (tertiary/aromatic N) is 3. The van der Waals surface area contributed by atoms with Gasteiger partial charge in [-0.2, -0.15) is 0 Å². The fourth-order valence-electron chi connectivity index (χ4n) is 20.0. The molecule has 0 aromatic heterocycles. The van der Waals surface area contributed by atoms with Gasteiger partial charge in [-0.3, -0.25) is 0 Å². The lowest BCUT2D eigenvalue weighted by Crippen LogP contribution is -2.76. The van der Waals surface area contributed by atoms with Gasteiger partial charge in [0.05, 0.1) is 16.8 Å². The molecule has 4 unspecified atom stereocenters. The lowest BCUT2D eigenvalue weighted by Gasteiger charge is -2.55. The second-order valence-corrected chi connectivity index (χ2v) is 36.3. The van der Waals surface area contributed by atoms with Crippen LogP contribution in [0.5, 0.6) is 0 Å². The molecule has 94 heavy (non-hydrogen) atoms. The van der Waals surface area contributed by atoms with Gasteiger partial charge < -0.3 is 14.7 Å². The molecule has 6 aliphatic rings. The van der Waals surface area contributed by atoms with Crippen molar-refractivity contribution in [1.29, 1.82) is 0 Å². The van der Waals surface area contributed by atoms with E-state index in [1.807, 2.05) is 0 Å². The smallest absolute Gasteiger partial charge is 0.252 e. The summed E-state index contributed by atoms with van der Waals surface area (Å²) in [6.07, 6.45) is 9.38. The summed E-state index contributed by atoms with van der Waals surface area (Å²) in [5.41, 5.74) is 18.7. The molecule has 2 fully saturated rings. The van der Waals surface area contributed by atoms with Gasteiger partial charge in [0, 0.05) is 45.0 Å². The average molecular weight is 1240 g/mol. The summed E-state index contributed by atoms with van der Waals surface area (Å²) in [4.78, 5) is 8.80. The summed E-state index contributed by atoms with van der Waals surface area (Å²) in [6.45, 7) is 10.6. The Morgan fingerprint density at radius 1 is 0.330 bits per heavy atom. The van der Waals surface area contributed by atoms with Gasteiger partial charge in [-0.25, -0.2) is 0 Å². The van der Waals surface area contributed by atoms with Gasteiger partial charge in [-0.15, -0.1) is 0 Å². The Morgan fingerprint density at radius 3 is 1.12 bits per heavy atom. The predicted octanol–water partition coefficient (Wildman–Crippen LogP) is 14.2. The number of hydrogen-bond acceptors (Lipinski definition) is 3. The minimum Gasteiger partial charge on any atom is -0.335 e. The molecule has 456 valence electrons. The molecule has 6 heteroatoms. The van der Waals surface area contributed by atoms with E-state index in [4.69, 9.17) is 0 Å². The maximum Gasteiger partial charge on any atom is 0.252 e. The first-order valence-corrected chi connectivity index (χ1v) is 38.6. The minimum absolute atomic E-state index is 0.00948. The molecule has 4 aliphatic heterocycles. The number of fused-ring (bicyclic) bond motifs is 10. The normalized spacial score (nSPS) is 21.2. The Bertz CT molecular complexity index is 4520. The zero-order valence-electron chi connectivity index (χ0n) is 54.4. The van der Waals surface area contributed by atoms with E-state index in [2.05, 4.69) is 346 Å². The molecule has 12 aromatic carbocycles. The lowest BCUT2D eigenvalue weighted by atomic mass is 9.33. The van der Waals surface area contributed by atoms with Gasteiger partial charge in [0.1, 0.15) is 0 Å². The van der Waals surface area contributed by atoms with E-state index in [0.717, 1.165) is 25.7 Å². The monoisotopic (exact) mass is 1240 g/mol. The van der Waals surface area contributed by atoms with Crippen LogP contribution in [0.1, 0.15) is 90.2 Å². The van der Waals surface area contributed by atoms with Crippen LogP contribution in [-0.4, -0.2) is 33.9 Å². The van der Waals surface area contributed by atoms with E-state index < -0.39 is 16.1 Å². The second-order valence-electron chi connectivity index (χ2n) is 28.8. The maximum atomic E-state index is 2.99. The highest BCUT2D eigenvalue weighted by atomic mass is 28.3. The lowest BCUT2D eigenvalue weighted by molar-refractivity contribution is 0.194. The van der Waals surface area contributed by atoms with Gasteiger partial charge >= 0.3 is 0 Å². The summed E-state index contributed by atoms with van der Waals surface area (Å²) in [6, 6.07) is 119. The molecule has 3 nitrogen and oxygen atoms in total. The quantitative estimate of drug-likeness (QED) is 0.0892. The topological polar surface area (TPSA) is 9.72 Å². The van der Waals surface area contributed by atoms with Crippen molar-refractivity contribution in [3.8, 4) is 11.1 Å². The molecule has 0 bridgehead atoms. The first-order valence-electron chi connectivity index (χ1n) is 34.6. The Morgan fingerprint density at radius 2 is 0.691 bits per heavy atom. The van der Waals surface area contributed by atoms with E-state index in [9.17, 15) is 0 Å². The number of hydrogen-bond donors (Lipinski definition) is 0. The zero-order chi connectivity index (χ0) is 63.0.